The Morgan fingerprint density at radius 1 is 0.889 bits per heavy atom. The Bertz CT molecular complexity index is 1280. The zero-order chi connectivity index (χ0) is 25.7. The summed E-state index contributed by atoms with van der Waals surface area (Å²) in [7, 11) is -3.94. The zero-order valence-electron chi connectivity index (χ0n) is 21.0. The molecule has 0 aliphatic carbocycles. The summed E-state index contributed by atoms with van der Waals surface area (Å²) in [5.41, 5.74) is 5.35. The van der Waals surface area contributed by atoms with Crippen molar-refractivity contribution in [2.24, 2.45) is 0 Å². The molecular formula is C28H33N3O4S. The van der Waals surface area contributed by atoms with E-state index in [4.69, 9.17) is 4.74 Å². The molecule has 0 spiro atoms. The van der Waals surface area contributed by atoms with Gasteiger partial charge in [-0.1, -0.05) is 35.9 Å². The van der Waals surface area contributed by atoms with E-state index >= 15 is 0 Å². The van der Waals surface area contributed by atoms with Crippen LogP contribution in [-0.4, -0.2) is 47.2 Å². The second-order valence-corrected chi connectivity index (χ2v) is 11.1. The van der Waals surface area contributed by atoms with Crippen molar-refractivity contribution < 1.29 is 17.9 Å². The Morgan fingerprint density at radius 2 is 1.50 bits per heavy atom. The first kappa shape index (κ1) is 25.7. The van der Waals surface area contributed by atoms with Crippen molar-refractivity contribution in [1.82, 2.24) is 5.32 Å². The van der Waals surface area contributed by atoms with Crippen molar-refractivity contribution in [3.8, 4) is 0 Å². The van der Waals surface area contributed by atoms with Crippen LogP contribution in [0.4, 0.5) is 11.4 Å². The third-order valence-electron chi connectivity index (χ3n) is 6.19. The minimum Gasteiger partial charge on any atom is -0.378 e. The van der Waals surface area contributed by atoms with Gasteiger partial charge in [0, 0.05) is 25.3 Å². The number of amides is 1. The largest absolute Gasteiger partial charge is 0.378 e. The molecule has 36 heavy (non-hydrogen) atoms. The van der Waals surface area contributed by atoms with E-state index in [1.54, 1.807) is 36.4 Å². The molecule has 0 unspecified atom stereocenters. The Hall–Kier alpha value is -3.36. The first-order valence-electron chi connectivity index (χ1n) is 12.1. The van der Waals surface area contributed by atoms with Crippen LogP contribution in [0, 0.1) is 20.8 Å². The molecule has 8 heteroatoms. The quantitative estimate of drug-likeness (QED) is 0.499. The number of carbonyl (C=O) groups is 1. The lowest BCUT2D eigenvalue weighted by molar-refractivity contribution is -0.119. The van der Waals surface area contributed by atoms with Gasteiger partial charge in [-0.3, -0.25) is 9.10 Å². The van der Waals surface area contributed by atoms with Gasteiger partial charge in [-0.25, -0.2) is 8.42 Å². The second-order valence-electron chi connectivity index (χ2n) is 9.21. The number of benzene rings is 3. The van der Waals surface area contributed by atoms with Gasteiger partial charge in [0.2, 0.25) is 5.91 Å². The molecule has 1 amide bonds. The molecule has 190 valence electrons. The lowest BCUT2D eigenvalue weighted by Gasteiger charge is -2.29. The van der Waals surface area contributed by atoms with Gasteiger partial charge in [-0.05, 0) is 73.9 Å². The molecule has 3 aromatic carbocycles. The number of hydrogen-bond acceptors (Lipinski definition) is 5. The van der Waals surface area contributed by atoms with Crippen molar-refractivity contribution >= 4 is 27.3 Å². The highest BCUT2D eigenvalue weighted by Crippen LogP contribution is 2.26. The van der Waals surface area contributed by atoms with Gasteiger partial charge < -0.3 is 15.0 Å². The van der Waals surface area contributed by atoms with Crippen LogP contribution >= 0.6 is 0 Å². The van der Waals surface area contributed by atoms with Crippen molar-refractivity contribution in [3.63, 3.8) is 0 Å². The summed E-state index contributed by atoms with van der Waals surface area (Å²) in [5, 5.41) is 2.88. The highest BCUT2D eigenvalue weighted by Gasteiger charge is 2.27. The maximum absolute atomic E-state index is 13.6. The number of aryl methyl sites for hydroxylation is 3. The summed E-state index contributed by atoms with van der Waals surface area (Å²) in [5.74, 6) is -0.373. The van der Waals surface area contributed by atoms with Gasteiger partial charge in [0.1, 0.15) is 6.54 Å². The van der Waals surface area contributed by atoms with Crippen LogP contribution in [-0.2, 0) is 26.1 Å². The van der Waals surface area contributed by atoms with Crippen LogP contribution in [0.5, 0.6) is 0 Å². The fraction of sp³-hybridized carbons (Fsp3) is 0.321. The van der Waals surface area contributed by atoms with Crippen LogP contribution in [0.2, 0.25) is 0 Å². The number of ether oxygens (including phenoxy) is 1. The Balaban J connectivity index is 1.49. The smallest absolute Gasteiger partial charge is 0.264 e. The first-order chi connectivity index (χ1) is 17.2. The fourth-order valence-electron chi connectivity index (χ4n) is 4.28. The van der Waals surface area contributed by atoms with E-state index in [-0.39, 0.29) is 17.3 Å². The Morgan fingerprint density at radius 3 is 2.11 bits per heavy atom. The molecule has 1 fully saturated rings. The van der Waals surface area contributed by atoms with E-state index in [1.165, 1.54) is 4.31 Å². The topological polar surface area (TPSA) is 79.0 Å². The molecular weight excluding hydrogens is 474 g/mol. The molecule has 7 nitrogen and oxygen atoms in total. The van der Waals surface area contributed by atoms with Gasteiger partial charge in [0.05, 0.1) is 23.8 Å². The lowest BCUT2D eigenvalue weighted by Crippen LogP contribution is -2.40. The van der Waals surface area contributed by atoms with E-state index in [2.05, 4.69) is 10.2 Å². The van der Waals surface area contributed by atoms with Crippen molar-refractivity contribution in [3.05, 3.63) is 89.0 Å². The van der Waals surface area contributed by atoms with Crippen LogP contribution in [0.1, 0.15) is 22.3 Å². The molecule has 0 aromatic heterocycles. The van der Waals surface area contributed by atoms with E-state index < -0.39 is 10.0 Å². The van der Waals surface area contributed by atoms with Crippen LogP contribution in [0.25, 0.3) is 0 Å². The van der Waals surface area contributed by atoms with Gasteiger partial charge in [-0.15, -0.1) is 0 Å². The van der Waals surface area contributed by atoms with Gasteiger partial charge in [0.25, 0.3) is 10.0 Å². The number of nitrogens with zero attached hydrogens (tertiary/aromatic N) is 2. The number of rotatable bonds is 8. The predicted octanol–water partition coefficient (Wildman–Crippen LogP) is 3.96. The summed E-state index contributed by atoms with van der Waals surface area (Å²) in [6, 6.07) is 20.3. The lowest BCUT2D eigenvalue weighted by atomic mass is 10.1. The van der Waals surface area contributed by atoms with E-state index in [1.807, 2.05) is 51.1 Å². The molecule has 0 bridgehead atoms. The molecule has 0 radical (unpaired) electrons. The molecule has 4 rings (SSSR count). The van der Waals surface area contributed by atoms with Gasteiger partial charge in [0.15, 0.2) is 0 Å². The minimum atomic E-state index is -3.94. The van der Waals surface area contributed by atoms with Crippen LogP contribution in [0.3, 0.4) is 0 Å². The zero-order valence-corrected chi connectivity index (χ0v) is 21.8. The third-order valence-corrected chi connectivity index (χ3v) is 7.98. The number of anilines is 2. The van der Waals surface area contributed by atoms with E-state index in [0.29, 0.717) is 12.2 Å². The Kier molecular flexibility index (Phi) is 7.96. The summed E-state index contributed by atoms with van der Waals surface area (Å²) < 4.78 is 33.8. The highest BCUT2D eigenvalue weighted by molar-refractivity contribution is 7.92. The number of sulfonamides is 1. The molecule has 1 saturated heterocycles. The number of hydrogen-bond donors (Lipinski definition) is 1. The summed E-state index contributed by atoms with van der Waals surface area (Å²) in [4.78, 5) is 15.4. The first-order valence-corrected chi connectivity index (χ1v) is 13.5. The molecule has 1 aliphatic heterocycles. The molecule has 1 heterocycles. The molecule has 0 atom stereocenters. The van der Waals surface area contributed by atoms with Gasteiger partial charge in [-0.2, -0.15) is 0 Å². The molecule has 1 aliphatic rings. The molecule has 1 N–H and O–H groups in total. The second kappa shape index (κ2) is 11.1. The number of nitrogens with one attached hydrogen (secondary N) is 1. The highest BCUT2D eigenvalue weighted by atomic mass is 32.2. The normalized spacial score (nSPS) is 13.9. The van der Waals surface area contributed by atoms with Crippen LogP contribution in [0.15, 0.2) is 71.6 Å². The standard InChI is InChI=1S/C28H33N3O4S/c1-21-4-10-27(11-5-21)36(33,34)31(26-17-22(2)16-23(3)18-26)20-28(32)29-19-24-6-8-25(9-7-24)30-12-14-35-15-13-30/h4-11,16-18H,12-15,19-20H2,1-3H3,(H,29,32). The van der Waals surface area contributed by atoms with E-state index in [9.17, 15) is 13.2 Å². The predicted molar refractivity (Wildman–Crippen MR) is 143 cm³/mol. The summed E-state index contributed by atoms with van der Waals surface area (Å²) in [6.07, 6.45) is 0. The summed E-state index contributed by atoms with van der Waals surface area (Å²) in [6.45, 7) is 8.89. The number of morpholine rings is 1. The third kappa shape index (κ3) is 6.25. The maximum Gasteiger partial charge on any atom is 0.264 e. The van der Waals surface area contributed by atoms with Crippen molar-refractivity contribution in [2.75, 3.05) is 42.1 Å². The number of carbonyl (C=O) groups excluding carboxylic acids is 1. The Labute approximate surface area is 213 Å². The SMILES string of the molecule is Cc1ccc(S(=O)(=O)N(CC(=O)NCc2ccc(N3CCOCC3)cc2)c2cc(C)cc(C)c2)cc1. The van der Waals surface area contributed by atoms with Crippen molar-refractivity contribution in [2.45, 2.75) is 32.2 Å². The average molecular weight is 508 g/mol. The van der Waals surface area contributed by atoms with E-state index in [0.717, 1.165) is 54.2 Å². The van der Waals surface area contributed by atoms with Gasteiger partial charge >= 0.3 is 0 Å². The fourth-order valence-corrected chi connectivity index (χ4v) is 5.68. The maximum atomic E-state index is 13.6. The van der Waals surface area contributed by atoms with Crippen LogP contribution < -0.4 is 14.5 Å². The summed E-state index contributed by atoms with van der Waals surface area (Å²) >= 11 is 0. The van der Waals surface area contributed by atoms with Crippen molar-refractivity contribution in [1.29, 1.82) is 0 Å². The average Bonchev–Trinajstić information content (AvgIpc) is 2.86. The monoisotopic (exact) mass is 507 g/mol. The molecule has 3 aromatic rings. The minimum absolute atomic E-state index is 0.152. The molecule has 0 saturated carbocycles.